The van der Waals surface area contributed by atoms with Gasteiger partial charge in [-0.3, -0.25) is 10.3 Å². The molecule has 0 bridgehead atoms. The second-order valence-corrected chi connectivity index (χ2v) is 6.56. The molecule has 1 atom stereocenters. The van der Waals surface area contributed by atoms with Gasteiger partial charge in [-0.25, -0.2) is 9.78 Å². The lowest BCUT2D eigenvalue weighted by Crippen LogP contribution is -2.31. The first-order valence-electron chi connectivity index (χ1n) is 8.71. The lowest BCUT2D eigenvalue weighted by Gasteiger charge is -2.18. The molecule has 3 N–H and O–H groups in total. The van der Waals surface area contributed by atoms with Crippen molar-refractivity contribution in [2.24, 2.45) is 0 Å². The summed E-state index contributed by atoms with van der Waals surface area (Å²) in [5.74, 6) is 0.859. The molecule has 2 heterocycles. The summed E-state index contributed by atoms with van der Waals surface area (Å²) in [6.45, 7) is 4.55. The van der Waals surface area contributed by atoms with E-state index in [4.69, 9.17) is 21.1 Å². The molecule has 1 aliphatic heterocycles. The molecule has 1 fully saturated rings. The second-order valence-electron chi connectivity index (χ2n) is 6.12. The quantitative estimate of drug-likeness (QED) is 0.725. The van der Waals surface area contributed by atoms with Crippen molar-refractivity contribution in [3.8, 4) is 5.75 Å². The molecule has 3 rings (SSSR count). The van der Waals surface area contributed by atoms with Crippen LogP contribution in [-0.4, -0.2) is 48.4 Å². The minimum Gasteiger partial charge on any atom is -0.489 e. The van der Waals surface area contributed by atoms with Gasteiger partial charge in [0.05, 0.1) is 23.8 Å². The maximum Gasteiger partial charge on any atom is 0.325 e. The molecule has 0 saturated carbocycles. The number of ether oxygens (including phenoxy) is 2. The topological polar surface area (TPSA) is 97.4 Å². The number of halogens is 1. The van der Waals surface area contributed by atoms with Crippen LogP contribution in [0.3, 0.4) is 0 Å². The maximum absolute atomic E-state index is 12.3. The highest BCUT2D eigenvalue weighted by Crippen LogP contribution is 2.28. The summed E-state index contributed by atoms with van der Waals surface area (Å²) in [4.78, 5) is 20.4. The Morgan fingerprint density at radius 1 is 1.37 bits per heavy atom. The molecule has 27 heavy (non-hydrogen) atoms. The Kier molecular flexibility index (Phi) is 6.80. The van der Waals surface area contributed by atoms with Crippen LogP contribution in [0.25, 0.3) is 0 Å². The fraction of sp³-hybridized carbons (Fsp3) is 0.389. The van der Waals surface area contributed by atoms with Crippen LogP contribution >= 0.6 is 11.6 Å². The Bertz CT molecular complexity index is 764. The lowest BCUT2D eigenvalue weighted by atomic mass is 10.3. The number of hydrogen-bond acceptors (Lipinski definition) is 6. The Hall–Kier alpha value is -2.42. The van der Waals surface area contributed by atoms with Crippen molar-refractivity contribution in [3.63, 3.8) is 0 Å². The van der Waals surface area contributed by atoms with Crippen LogP contribution in [0.2, 0.25) is 5.02 Å². The van der Waals surface area contributed by atoms with E-state index in [-0.39, 0.29) is 6.10 Å². The van der Waals surface area contributed by atoms with Crippen LogP contribution in [0.4, 0.5) is 16.3 Å². The molecule has 1 aliphatic rings. The Balaban J connectivity index is 1.62. The molecule has 1 aromatic heterocycles. The van der Waals surface area contributed by atoms with Crippen LogP contribution in [0.1, 0.15) is 12.1 Å². The third-order valence-electron chi connectivity index (χ3n) is 3.86. The van der Waals surface area contributed by atoms with E-state index in [1.54, 1.807) is 24.4 Å². The summed E-state index contributed by atoms with van der Waals surface area (Å²) in [7, 11) is 0. The molecular weight excluding hydrogens is 370 g/mol. The number of carbonyl (C=O) groups excluding carboxylic acids is 1. The third kappa shape index (κ3) is 6.06. The zero-order chi connectivity index (χ0) is 19.1. The number of anilines is 2. The predicted molar refractivity (Wildman–Crippen MR) is 104 cm³/mol. The largest absolute Gasteiger partial charge is 0.489 e. The van der Waals surface area contributed by atoms with E-state index in [9.17, 15) is 4.79 Å². The Morgan fingerprint density at radius 2 is 2.26 bits per heavy atom. The van der Waals surface area contributed by atoms with Crippen LogP contribution < -0.4 is 20.7 Å². The Labute approximate surface area is 162 Å². The molecular formula is C18H22ClN5O3. The number of urea groups is 1. The zero-order valence-corrected chi connectivity index (χ0v) is 15.8. The van der Waals surface area contributed by atoms with Crippen molar-refractivity contribution in [1.82, 2.24) is 15.3 Å². The van der Waals surface area contributed by atoms with Gasteiger partial charge in [0.15, 0.2) is 5.82 Å². The number of hydrogen-bond donors (Lipinski definition) is 3. The number of benzene rings is 1. The Morgan fingerprint density at radius 3 is 3.07 bits per heavy atom. The molecule has 0 unspecified atom stereocenters. The average molecular weight is 392 g/mol. The van der Waals surface area contributed by atoms with Gasteiger partial charge in [0, 0.05) is 18.2 Å². The van der Waals surface area contributed by atoms with E-state index in [0.29, 0.717) is 35.5 Å². The first-order chi connectivity index (χ1) is 13.1. The minimum atomic E-state index is -0.465. The molecule has 2 aromatic rings. The second kappa shape index (κ2) is 9.50. The van der Waals surface area contributed by atoms with Gasteiger partial charge in [0.1, 0.15) is 18.5 Å². The average Bonchev–Trinajstić information content (AvgIpc) is 2.92. The van der Waals surface area contributed by atoms with Crippen LogP contribution in [0.15, 0.2) is 30.6 Å². The molecule has 8 nitrogen and oxygen atoms in total. The third-order valence-corrected chi connectivity index (χ3v) is 4.10. The minimum absolute atomic E-state index is 0.0484. The van der Waals surface area contributed by atoms with E-state index < -0.39 is 6.03 Å². The summed E-state index contributed by atoms with van der Waals surface area (Å²) in [6.07, 6.45) is 3.99. The SMILES string of the molecule is Cc1cnc(NC(=O)Nc2cc(Cl)ccc2OC[C@@H]2CNCCCO2)cn1. The highest BCUT2D eigenvalue weighted by atomic mass is 35.5. The van der Waals surface area contributed by atoms with E-state index in [1.807, 2.05) is 6.92 Å². The summed E-state index contributed by atoms with van der Waals surface area (Å²) >= 11 is 6.06. The standard InChI is InChI=1S/C18H22ClN5O3/c1-12-8-22-17(10-21-12)24-18(25)23-15-7-13(19)3-4-16(15)27-11-14-9-20-5-2-6-26-14/h3-4,7-8,10,14,20H,2,5-6,9,11H2,1H3,(H2,22,23,24,25)/t14-/m0/s1. The number of rotatable bonds is 5. The van der Waals surface area contributed by atoms with Crippen molar-refractivity contribution in [2.75, 3.05) is 36.9 Å². The first kappa shape index (κ1) is 19.3. The predicted octanol–water partition coefficient (Wildman–Crippen LogP) is 2.84. The highest BCUT2D eigenvalue weighted by Gasteiger charge is 2.15. The fourth-order valence-electron chi connectivity index (χ4n) is 2.51. The smallest absolute Gasteiger partial charge is 0.325 e. The summed E-state index contributed by atoms with van der Waals surface area (Å²) < 4.78 is 11.6. The molecule has 144 valence electrons. The van der Waals surface area contributed by atoms with Crippen molar-refractivity contribution < 1.29 is 14.3 Å². The normalized spacial score (nSPS) is 17.0. The van der Waals surface area contributed by atoms with Crippen LogP contribution in [0, 0.1) is 6.92 Å². The van der Waals surface area contributed by atoms with Gasteiger partial charge in [0.2, 0.25) is 0 Å². The van der Waals surface area contributed by atoms with E-state index in [1.165, 1.54) is 6.20 Å². The zero-order valence-electron chi connectivity index (χ0n) is 15.0. The van der Waals surface area contributed by atoms with Gasteiger partial charge in [-0.1, -0.05) is 11.6 Å². The number of carbonyl (C=O) groups is 1. The first-order valence-corrected chi connectivity index (χ1v) is 9.09. The van der Waals surface area contributed by atoms with Gasteiger partial charge >= 0.3 is 6.03 Å². The molecule has 9 heteroatoms. The van der Waals surface area contributed by atoms with Gasteiger partial charge in [-0.2, -0.15) is 0 Å². The van der Waals surface area contributed by atoms with Crippen LogP contribution in [-0.2, 0) is 4.74 Å². The van der Waals surface area contributed by atoms with Gasteiger partial charge in [-0.05, 0) is 38.1 Å². The van der Waals surface area contributed by atoms with Crippen molar-refractivity contribution in [2.45, 2.75) is 19.4 Å². The maximum atomic E-state index is 12.3. The van der Waals surface area contributed by atoms with Gasteiger partial charge in [0.25, 0.3) is 0 Å². The van der Waals surface area contributed by atoms with Crippen molar-refractivity contribution in [1.29, 1.82) is 0 Å². The number of nitrogens with zero attached hydrogens (tertiary/aromatic N) is 2. The lowest BCUT2D eigenvalue weighted by molar-refractivity contribution is 0.0326. The highest BCUT2D eigenvalue weighted by molar-refractivity contribution is 6.31. The summed E-state index contributed by atoms with van der Waals surface area (Å²) in [6, 6.07) is 4.59. The number of aromatic nitrogens is 2. The molecule has 1 aromatic carbocycles. The summed E-state index contributed by atoms with van der Waals surface area (Å²) in [5.41, 5.74) is 1.23. The van der Waals surface area contributed by atoms with Crippen molar-refractivity contribution >= 4 is 29.1 Å². The fourth-order valence-corrected chi connectivity index (χ4v) is 2.68. The van der Waals surface area contributed by atoms with E-state index in [0.717, 1.165) is 25.2 Å². The molecule has 0 aliphatic carbocycles. The molecule has 1 saturated heterocycles. The van der Waals surface area contributed by atoms with Gasteiger partial charge < -0.3 is 20.1 Å². The monoisotopic (exact) mass is 391 g/mol. The molecule has 0 spiro atoms. The number of amides is 2. The van der Waals surface area contributed by atoms with Crippen molar-refractivity contribution in [3.05, 3.63) is 41.3 Å². The van der Waals surface area contributed by atoms with E-state index >= 15 is 0 Å². The number of aryl methyl sites for hydroxylation is 1. The van der Waals surface area contributed by atoms with Gasteiger partial charge in [-0.15, -0.1) is 0 Å². The van der Waals surface area contributed by atoms with Crippen LogP contribution in [0.5, 0.6) is 5.75 Å². The number of nitrogens with one attached hydrogen (secondary N) is 3. The molecule has 0 radical (unpaired) electrons. The summed E-state index contributed by atoms with van der Waals surface area (Å²) in [5, 5.41) is 9.14. The molecule has 2 amide bonds. The van der Waals surface area contributed by atoms with E-state index in [2.05, 4.69) is 25.9 Å².